The summed E-state index contributed by atoms with van der Waals surface area (Å²) in [7, 11) is 0. The topological polar surface area (TPSA) is 57.2 Å². The van der Waals surface area contributed by atoms with Gasteiger partial charge in [0, 0.05) is 18.0 Å². The van der Waals surface area contributed by atoms with Crippen molar-refractivity contribution in [2.24, 2.45) is 5.10 Å². The molecule has 2 rings (SSSR count). The molecule has 0 unspecified atom stereocenters. The Kier molecular flexibility index (Phi) is 4.50. The van der Waals surface area contributed by atoms with Crippen LogP contribution in [0, 0.1) is 0 Å². The van der Waals surface area contributed by atoms with E-state index in [0.717, 1.165) is 18.6 Å². The summed E-state index contributed by atoms with van der Waals surface area (Å²) in [5.74, 6) is 0. The molecule has 0 spiro atoms. The van der Waals surface area contributed by atoms with Crippen molar-refractivity contribution in [2.75, 3.05) is 5.43 Å². The number of benzene rings is 1. The molecule has 0 saturated heterocycles. The van der Waals surface area contributed by atoms with Gasteiger partial charge in [0.15, 0.2) is 0 Å². The number of rotatable bonds is 5. The average molecular weight is 255 g/mol. The lowest BCUT2D eigenvalue weighted by Gasteiger charge is -2.03. The molecule has 1 aromatic heterocycles. The zero-order valence-electron chi connectivity index (χ0n) is 10.9. The maximum atomic E-state index is 11.1. The van der Waals surface area contributed by atoms with Crippen molar-refractivity contribution < 1.29 is 0 Å². The third-order valence-electron chi connectivity index (χ3n) is 2.77. The average Bonchev–Trinajstić information content (AvgIpc) is 2.44. The number of aromatic nitrogens is 1. The minimum absolute atomic E-state index is 0.137. The van der Waals surface area contributed by atoms with Crippen molar-refractivity contribution in [1.82, 2.24) is 4.98 Å². The Morgan fingerprint density at radius 3 is 2.79 bits per heavy atom. The van der Waals surface area contributed by atoms with Crippen LogP contribution in [0.4, 0.5) is 5.69 Å². The maximum absolute atomic E-state index is 11.1. The van der Waals surface area contributed by atoms with Gasteiger partial charge >= 0.3 is 0 Å². The SMILES string of the molecule is C/C(CCc1ccccc1)=N\Nc1cc[nH]c(=O)c1. The highest BCUT2D eigenvalue weighted by molar-refractivity contribution is 5.82. The minimum Gasteiger partial charge on any atom is -0.329 e. The number of aromatic amines is 1. The van der Waals surface area contributed by atoms with Crippen LogP contribution in [0.1, 0.15) is 18.9 Å². The molecule has 98 valence electrons. The molecule has 1 heterocycles. The fourth-order valence-electron chi connectivity index (χ4n) is 1.70. The highest BCUT2D eigenvalue weighted by Gasteiger charge is 1.96. The third-order valence-corrected chi connectivity index (χ3v) is 2.77. The number of aryl methyl sites for hydroxylation is 1. The quantitative estimate of drug-likeness (QED) is 0.637. The van der Waals surface area contributed by atoms with Gasteiger partial charge < -0.3 is 4.98 Å². The van der Waals surface area contributed by atoms with Crippen LogP contribution in [-0.4, -0.2) is 10.7 Å². The van der Waals surface area contributed by atoms with Gasteiger partial charge in [-0.05, 0) is 31.4 Å². The molecule has 0 bridgehead atoms. The molecule has 2 N–H and O–H groups in total. The van der Waals surface area contributed by atoms with Gasteiger partial charge in [-0.15, -0.1) is 0 Å². The number of hydrogen-bond acceptors (Lipinski definition) is 3. The van der Waals surface area contributed by atoms with Gasteiger partial charge in [-0.2, -0.15) is 5.10 Å². The molecule has 0 amide bonds. The van der Waals surface area contributed by atoms with Gasteiger partial charge in [0.2, 0.25) is 5.56 Å². The molecule has 0 aliphatic rings. The van der Waals surface area contributed by atoms with Gasteiger partial charge in [-0.1, -0.05) is 30.3 Å². The Balaban J connectivity index is 1.88. The van der Waals surface area contributed by atoms with E-state index in [1.807, 2.05) is 25.1 Å². The zero-order valence-corrected chi connectivity index (χ0v) is 10.9. The summed E-state index contributed by atoms with van der Waals surface area (Å²) in [6.07, 6.45) is 3.45. The van der Waals surface area contributed by atoms with Gasteiger partial charge in [0.05, 0.1) is 5.69 Å². The number of anilines is 1. The van der Waals surface area contributed by atoms with E-state index in [1.165, 1.54) is 11.6 Å². The number of pyridine rings is 1. The number of hydrogen-bond donors (Lipinski definition) is 2. The van der Waals surface area contributed by atoms with Gasteiger partial charge in [-0.25, -0.2) is 0 Å². The first-order valence-electron chi connectivity index (χ1n) is 6.26. The van der Waals surface area contributed by atoms with Crippen molar-refractivity contribution in [3.05, 3.63) is 64.6 Å². The van der Waals surface area contributed by atoms with E-state index in [-0.39, 0.29) is 5.56 Å². The van der Waals surface area contributed by atoms with E-state index in [4.69, 9.17) is 0 Å². The first kappa shape index (κ1) is 13.1. The van der Waals surface area contributed by atoms with Gasteiger partial charge in [-0.3, -0.25) is 10.2 Å². The standard InChI is InChI=1S/C15H17N3O/c1-12(7-8-13-5-3-2-4-6-13)17-18-14-9-10-16-15(19)11-14/h2-6,9-11H,7-8H2,1H3,(H2,16,18,19)/b17-12+. The van der Waals surface area contributed by atoms with Crippen molar-refractivity contribution in [2.45, 2.75) is 19.8 Å². The Bertz CT molecular complexity index is 602. The first-order valence-corrected chi connectivity index (χ1v) is 6.26. The predicted molar refractivity (Wildman–Crippen MR) is 78.6 cm³/mol. The zero-order chi connectivity index (χ0) is 13.5. The third kappa shape index (κ3) is 4.43. The summed E-state index contributed by atoms with van der Waals surface area (Å²) in [6, 6.07) is 13.6. The Labute approximate surface area is 112 Å². The van der Waals surface area contributed by atoms with Crippen LogP contribution in [0.3, 0.4) is 0 Å². The summed E-state index contributed by atoms with van der Waals surface area (Å²) >= 11 is 0. The number of hydrazone groups is 1. The van der Waals surface area contributed by atoms with Crippen LogP contribution in [0.25, 0.3) is 0 Å². The van der Waals surface area contributed by atoms with Crippen molar-refractivity contribution >= 4 is 11.4 Å². The molecule has 0 atom stereocenters. The molecule has 4 heteroatoms. The van der Waals surface area contributed by atoms with Gasteiger partial charge in [0.25, 0.3) is 0 Å². The molecule has 0 aliphatic heterocycles. The van der Waals surface area contributed by atoms with Crippen LogP contribution >= 0.6 is 0 Å². The fourth-order valence-corrected chi connectivity index (χ4v) is 1.70. The number of H-pyrrole nitrogens is 1. The molecule has 4 nitrogen and oxygen atoms in total. The molecular weight excluding hydrogens is 238 g/mol. The Morgan fingerprint density at radius 2 is 2.05 bits per heavy atom. The Morgan fingerprint density at radius 1 is 1.26 bits per heavy atom. The lowest BCUT2D eigenvalue weighted by atomic mass is 10.1. The molecule has 0 radical (unpaired) electrons. The fraction of sp³-hybridized carbons (Fsp3) is 0.200. The smallest absolute Gasteiger partial charge is 0.250 e. The van der Waals surface area contributed by atoms with E-state index in [2.05, 4.69) is 27.6 Å². The monoisotopic (exact) mass is 255 g/mol. The van der Waals surface area contributed by atoms with E-state index < -0.39 is 0 Å². The molecule has 0 saturated carbocycles. The van der Waals surface area contributed by atoms with Gasteiger partial charge in [0.1, 0.15) is 0 Å². The lowest BCUT2D eigenvalue weighted by Crippen LogP contribution is -2.05. The summed E-state index contributed by atoms with van der Waals surface area (Å²) in [5, 5.41) is 4.26. The Hall–Kier alpha value is -2.36. The van der Waals surface area contributed by atoms with E-state index in [9.17, 15) is 4.79 Å². The predicted octanol–water partition coefficient (Wildman–Crippen LogP) is 2.80. The second kappa shape index (κ2) is 6.54. The van der Waals surface area contributed by atoms with Crippen molar-refractivity contribution in [3.63, 3.8) is 0 Å². The van der Waals surface area contributed by atoms with Crippen LogP contribution in [0.15, 0.2) is 58.6 Å². The summed E-state index contributed by atoms with van der Waals surface area (Å²) in [5.41, 5.74) is 5.75. The molecule has 1 aromatic carbocycles. The highest BCUT2D eigenvalue weighted by Crippen LogP contribution is 2.05. The second-order valence-electron chi connectivity index (χ2n) is 4.39. The minimum atomic E-state index is -0.137. The van der Waals surface area contributed by atoms with Crippen molar-refractivity contribution in [3.8, 4) is 0 Å². The molecule has 2 aromatic rings. The maximum Gasteiger partial charge on any atom is 0.250 e. The molecule has 0 fully saturated rings. The first-order chi connectivity index (χ1) is 9.24. The largest absolute Gasteiger partial charge is 0.329 e. The highest BCUT2D eigenvalue weighted by atomic mass is 16.1. The molecule has 19 heavy (non-hydrogen) atoms. The lowest BCUT2D eigenvalue weighted by molar-refractivity contribution is 1.02. The number of nitrogens with one attached hydrogen (secondary N) is 2. The van der Waals surface area contributed by atoms with Crippen LogP contribution in [-0.2, 0) is 6.42 Å². The van der Waals surface area contributed by atoms with Crippen LogP contribution in [0.5, 0.6) is 0 Å². The molecule has 0 aliphatic carbocycles. The van der Waals surface area contributed by atoms with Crippen LogP contribution in [0.2, 0.25) is 0 Å². The summed E-state index contributed by atoms with van der Waals surface area (Å²) < 4.78 is 0. The van der Waals surface area contributed by atoms with Crippen molar-refractivity contribution in [1.29, 1.82) is 0 Å². The number of nitrogens with zero attached hydrogens (tertiary/aromatic N) is 1. The van der Waals surface area contributed by atoms with E-state index in [0.29, 0.717) is 5.69 Å². The molecular formula is C15H17N3O. The normalized spacial score (nSPS) is 11.3. The second-order valence-corrected chi connectivity index (χ2v) is 4.39. The van der Waals surface area contributed by atoms with E-state index in [1.54, 1.807) is 12.3 Å². The summed E-state index contributed by atoms with van der Waals surface area (Å²) in [4.78, 5) is 13.7. The van der Waals surface area contributed by atoms with E-state index >= 15 is 0 Å². The summed E-state index contributed by atoms with van der Waals surface area (Å²) in [6.45, 7) is 1.98. The van der Waals surface area contributed by atoms with Crippen LogP contribution < -0.4 is 11.0 Å².